The van der Waals surface area contributed by atoms with Gasteiger partial charge >= 0.3 is 0 Å². The smallest absolute Gasteiger partial charge is 0.246 e. The van der Waals surface area contributed by atoms with Crippen molar-refractivity contribution in [2.24, 2.45) is 0 Å². The van der Waals surface area contributed by atoms with Crippen LogP contribution in [0.15, 0.2) is 64.0 Å². The number of halogens is 1. The summed E-state index contributed by atoms with van der Waals surface area (Å²) in [6, 6.07) is 14.0. The molecule has 0 spiro atoms. The number of ether oxygens (including phenoxy) is 1. The van der Waals surface area contributed by atoms with Gasteiger partial charge in [-0.1, -0.05) is 28.1 Å². The van der Waals surface area contributed by atoms with E-state index in [2.05, 4.69) is 15.9 Å². The van der Waals surface area contributed by atoms with E-state index < -0.39 is 10.0 Å². The van der Waals surface area contributed by atoms with Gasteiger partial charge in [-0.2, -0.15) is 4.31 Å². The molecule has 0 aromatic heterocycles. The Morgan fingerprint density at radius 2 is 1.61 bits per heavy atom. The first kappa shape index (κ1) is 20.6. The molecule has 1 amide bonds. The Morgan fingerprint density at radius 3 is 2.18 bits per heavy atom. The average Bonchev–Trinajstić information content (AvgIpc) is 2.73. The van der Waals surface area contributed by atoms with E-state index in [1.54, 1.807) is 42.4 Å². The van der Waals surface area contributed by atoms with Gasteiger partial charge in [0.15, 0.2) is 0 Å². The molecule has 0 atom stereocenters. The maximum atomic E-state index is 12.7. The highest BCUT2D eigenvalue weighted by Crippen LogP contribution is 2.20. The van der Waals surface area contributed by atoms with Crippen LogP contribution >= 0.6 is 15.9 Å². The summed E-state index contributed by atoms with van der Waals surface area (Å²) in [6.07, 6.45) is 3.26. The van der Waals surface area contributed by atoms with Crippen LogP contribution in [0.3, 0.4) is 0 Å². The molecule has 8 heteroatoms. The van der Waals surface area contributed by atoms with Gasteiger partial charge < -0.3 is 9.64 Å². The molecule has 0 unspecified atom stereocenters. The normalized spacial score (nSPS) is 15.7. The SMILES string of the molecule is COc1ccc(/C=C/C(=O)N2CCN(S(=O)(=O)c3ccc(Br)cc3)CC2)cc1. The van der Waals surface area contributed by atoms with Crippen molar-refractivity contribution in [2.45, 2.75) is 4.90 Å². The summed E-state index contributed by atoms with van der Waals surface area (Å²) < 4.78 is 32.8. The molecular weight excluding hydrogens is 444 g/mol. The fourth-order valence-electron chi connectivity index (χ4n) is 2.89. The third-order valence-electron chi connectivity index (χ3n) is 4.54. The Morgan fingerprint density at radius 1 is 1.00 bits per heavy atom. The first-order valence-corrected chi connectivity index (χ1v) is 11.0. The highest BCUT2D eigenvalue weighted by atomic mass is 79.9. The van der Waals surface area contributed by atoms with Gasteiger partial charge in [0, 0.05) is 36.7 Å². The maximum Gasteiger partial charge on any atom is 0.246 e. The van der Waals surface area contributed by atoms with E-state index >= 15 is 0 Å². The predicted octanol–water partition coefficient (Wildman–Crippen LogP) is 3.00. The summed E-state index contributed by atoms with van der Waals surface area (Å²) in [6.45, 7) is 1.28. The number of nitrogens with zero attached hydrogens (tertiary/aromatic N) is 2. The largest absolute Gasteiger partial charge is 0.497 e. The summed E-state index contributed by atoms with van der Waals surface area (Å²) in [5, 5.41) is 0. The molecule has 1 aliphatic heterocycles. The Kier molecular flexibility index (Phi) is 6.53. The minimum Gasteiger partial charge on any atom is -0.497 e. The zero-order valence-electron chi connectivity index (χ0n) is 15.4. The van der Waals surface area contributed by atoms with Crippen molar-refractivity contribution in [3.8, 4) is 5.75 Å². The molecule has 1 saturated heterocycles. The Bertz CT molecular complexity index is 949. The lowest BCUT2D eigenvalue weighted by molar-refractivity contribution is -0.127. The minimum atomic E-state index is -3.55. The Hall–Kier alpha value is -2.16. The third-order valence-corrected chi connectivity index (χ3v) is 6.98. The zero-order valence-corrected chi connectivity index (χ0v) is 17.8. The van der Waals surface area contributed by atoms with E-state index in [1.165, 1.54) is 10.4 Å². The van der Waals surface area contributed by atoms with Gasteiger partial charge in [0.05, 0.1) is 12.0 Å². The van der Waals surface area contributed by atoms with E-state index in [0.717, 1.165) is 15.8 Å². The van der Waals surface area contributed by atoms with Crippen LogP contribution in [0.2, 0.25) is 0 Å². The van der Waals surface area contributed by atoms with E-state index in [-0.39, 0.29) is 23.9 Å². The van der Waals surface area contributed by atoms with Crippen LogP contribution < -0.4 is 4.74 Å². The third kappa shape index (κ3) is 4.81. The molecule has 1 fully saturated rings. The van der Waals surface area contributed by atoms with Crippen LogP contribution in [0.25, 0.3) is 6.08 Å². The van der Waals surface area contributed by atoms with Crippen LogP contribution in [0.5, 0.6) is 5.75 Å². The van der Waals surface area contributed by atoms with Crippen molar-refractivity contribution < 1.29 is 17.9 Å². The van der Waals surface area contributed by atoms with Crippen LogP contribution in [0.4, 0.5) is 0 Å². The number of carbonyl (C=O) groups excluding carboxylic acids is 1. The van der Waals surface area contributed by atoms with Crippen molar-refractivity contribution in [3.05, 3.63) is 64.6 Å². The lowest BCUT2D eigenvalue weighted by atomic mass is 10.2. The second kappa shape index (κ2) is 8.89. The number of hydrogen-bond donors (Lipinski definition) is 0. The Balaban J connectivity index is 1.58. The van der Waals surface area contributed by atoms with Crippen LogP contribution in [-0.2, 0) is 14.8 Å². The molecular formula is C20H21BrN2O4S. The summed E-state index contributed by atoms with van der Waals surface area (Å²) in [7, 11) is -1.94. The molecule has 3 rings (SSSR count). The molecule has 0 aliphatic carbocycles. The fourth-order valence-corrected chi connectivity index (χ4v) is 4.58. The molecule has 6 nitrogen and oxygen atoms in total. The fraction of sp³-hybridized carbons (Fsp3) is 0.250. The molecule has 28 heavy (non-hydrogen) atoms. The van der Waals surface area contributed by atoms with Crippen LogP contribution in [-0.4, -0.2) is 56.8 Å². The van der Waals surface area contributed by atoms with Crippen molar-refractivity contribution in [1.82, 2.24) is 9.21 Å². The van der Waals surface area contributed by atoms with Crippen molar-refractivity contribution in [3.63, 3.8) is 0 Å². The summed E-state index contributed by atoms with van der Waals surface area (Å²) >= 11 is 3.31. The molecule has 1 heterocycles. The van der Waals surface area contributed by atoms with Crippen LogP contribution in [0.1, 0.15) is 5.56 Å². The topological polar surface area (TPSA) is 66.9 Å². The maximum absolute atomic E-state index is 12.7. The second-order valence-corrected chi connectivity index (χ2v) is 9.14. The van der Waals surface area contributed by atoms with E-state index in [4.69, 9.17) is 4.74 Å². The Labute approximate surface area is 173 Å². The highest BCUT2D eigenvalue weighted by Gasteiger charge is 2.29. The van der Waals surface area contributed by atoms with E-state index in [1.807, 2.05) is 24.3 Å². The lowest BCUT2D eigenvalue weighted by Crippen LogP contribution is -2.50. The van der Waals surface area contributed by atoms with E-state index in [0.29, 0.717) is 13.1 Å². The number of piperazine rings is 1. The number of methoxy groups -OCH3 is 1. The van der Waals surface area contributed by atoms with Gasteiger partial charge in [-0.15, -0.1) is 0 Å². The quantitative estimate of drug-likeness (QED) is 0.637. The lowest BCUT2D eigenvalue weighted by Gasteiger charge is -2.33. The monoisotopic (exact) mass is 464 g/mol. The number of carbonyl (C=O) groups is 1. The van der Waals surface area contributed by atoms with Gasteiger partial charge in [0.25, 0.3) is 0 Å². The molecule has 1 aliphatic rings. The number of rotatable bonds is 5. The zero-order chi connectivity index (χ0) is 20.1. The molecule has 0 saturated carbocycles. The molecule has 2 aromatic rings. The van der Waals surface area contributed by atoms with Crippen molar-refractivity contribution >= 4 is 37.9 Å². The summed E-state index contributed by atoms with van der Waals surface area (Å²) in [5.41, 5.74) is 0.894. The summed E-state index contributed by atoms with van der Waals surface area (Å²) in [4.78, 5) is 14.3. The minimum absolute atomic E-state index is 0.128. The first-order chi connectivity index (χ1) is 13.4. The number of hydrogen-bond acceptors (Lipinski definition) is 4. The van der Waals surface area contributed by atoms with E-state index in [9.17, 15) is 13.2 Å². The van der Waals surface area contributed by atoms with Gasteiger partial charge in [-0.25, -0.2) is 8.42 Å². The number of benzene rings is 2. The molecule has 148 valence electrons. The van der Waals surface area contributed by atoms with Crippen molar-refractivity contribution in [1.29, 1.82) is 0 Å². The second-order valence-electron chi connectivity index (χ2n) is 6.29. The van der Waals surface area contributed by atoms with Crippen molar-refractivity contribution in [2.75, 3.05) is 33.3 Å². The molecule has 0 bridgehead atoms. The molecule has 0 radical (unpaired) electrons. The van der Waals surface area contributed by atoms with Gasteiger partial charge in [0.2, 0.25) is 15.9 Å². The van der Waals surface area contributed by atoms with Gasteiger partial charge in [-0.05, 0) is 48.0 Å². The first-order valence-electron chi connectivity index (χ1n) is 8.77. The standard InChI is InChI=1S/C20H21BrN2O4S/c1-27-18-7-2-16(3-8-18)4-11-20(24)22-12-14-23(15-13-22)28(25,26)19-9-5-17(21)6-10-19/h2-11H,12-15H2,1H3/b11-4+. The molecule has 0 N–H and O–H groups in total. The van der Waals surface area contributed by atoms with Gasteiger partial charge in [0.1, 0.15) is 5.75 Å². The highest BCUT2D eigenvalue weighted by molar-refractivity contribution is 9.10. The summed E-state index contributed by atoms with van der Waals surface area (Å²) in [5.74, 6) is 0.628. The number of amides is 1. The number of sulfonamides is 1. The molecule has 2 aromatic carbocycles. The van der Waals surface area contributed by atoms with Crippen LogP contribution in [0, 0.1) is 0 Å². The average molecular weight is 465 g/mol. The predicted molar refractivity (Wildman–Crippen MR) is 112 cm³/mol. The van der Waals surface area contributed by atoms with Gasteiger partial charge in [-0.3, -0.25) is 4.79 Å².